The van der Waals surface area contributed by atoms with E-state index < -0.39 is 15.3 Å². The van der Waals surface area contributed by atoms with Gasteiger partial charge in [-0.3, -0.25) is 0 Å². The van der Waals surface area contributed by atoms with Gasteiger partial charge in [0.2, 0.25) is 0 Å². The van der Waals surface area contributed by atoms with Crippen LogP contribution < -0.4 is 0 Å². The zero-order valence-electron chi connectivity index (χ0n) is 10.6. The Hall–Kier alpha value is -0.540. The van der Waals surface area contributed by atoms with Crippen LogP contribution in [0.4, 0.5) is 0 Å². The van der Waals surface area contributed by atoms with Crippen LogP contribution in [0.3, 0.4) is 0 Å². The van der Waals surface area contributed by atoms with Crippen molar-refractivity contribution in [3.05, 3.63) is 11.2 Å². The summed E-state index contributed by atoms with van der Waals surface area (Å²) in [7, 11) is -1.22. The van der Waals surface area contributed by atoms with Gasteiger partial charge in [0.1, 0.15) is 14.8 Å². The van der Waals surface area contributed by atoms with E-state index in [0.717, 1.165) is 11.3 Å². The molecular weight excluding hydrogens is 276 g/mol. The maximum absolute atomic E-state index is 11.5. The third-order valence-electron chi connectivity index (χ3n) is 2.14. The van der Waals surface area contributed by atoms with Crippen molar-refractivity contribution in [3.63, 3.8) is 0 Å². The molecule has 0 saturated heterocycles. The van der Waals surface area contributed by atoms with Gasteiger partial charge in [0.05, 0.1) is 35.7 Å². The molecular formula is C10H18N2O4S2. The van der Waals surface area contributed by atoms with E-state index in [1.165, 1.54) is 12.5 Å². The number of hydrogen-bond acceptors (Lipinski definition) is 7. The van der Waals surface area contributed by atoms with Gasteiger partial charge in [0.15, 0.2) is 0 Å². The molecule has 0 aliphatic carbocycles. The second-order valence-electron chi connectivity index (χ2n) is 4.15. The molecule has 1 heterocycles. The summed E-state index contributed by atoms with van der Waals surface area (Å²) in [5.74, 6) is 0. The predicted molar refractivity (Wildman–Crippen MR) is 69.4 cm³/mol. The van der Waals surface area contributed by atoms with E-state index in [0.29, 0.717) is 22.4 Å². The fraction of sp³-hybridized carbons (Fsp3) is 0.700. The molecule has 104 valence electrons. The quantitative estimate of drug-likeness (QED) is 0.733. The minimum atomic E-state index is -2.79. The smallest absolute Gasteiger partial charge is 0.136 e. The Morgan fingerprint density at radius 2 is 2.28 bits per heavy atom. The summed E-state index contributed by atoms with van der Waals surface area (Å²) in [6, 6.07) is 0. The molecule has 2 N–H and O–H groups in total. The van der Waals surface area contributed by atoms with Gasteiger partial charge < -0.3 is 14.6 Å². The van der Waals surface area contributed by atoms with E-state index in [9.17, 15) is 9.32 Å². The van der Waals surface area contributed by atoms with E-state index in [2.05, 4.69) is 4.98 Å². The minimum absolute atomic E-state index is 0.0756. The maximum atomic E-state index is 11.5. The molecule has 0 amide bonds. The lowest BCUT2D eigenvalue weighted by Crippen LogP contribution is -2.28. The molecule has 0 bridgehead atoms. The number of hydrogen-bond donors (Lipinski definition) is 2. The predicted octanol–water partition coefficient (Wildman–Crippen LogP) is 1.05. The van der Waals surface area contributed by atoms with Crippen molar-refractivity contribution in [1.82, 2.24) is 4.98 Å². The molecule has 1 unspecified atom stereocenters. The summed E-state index contributed by atoms with van der Waals surface area (Å²) >= 11 is 1.08. The van der Waals surface area contributed by atoms with Crippen molar-refractivity contribution >= 4 is 21.1 Å². The van der Waals surface area contributed by atoms with E-state index in [1.807, 2.05) is 0 Å². The summed E-state index contributed by atoms with van der Waals surface area (Å²) in [5, 5.41) is 10.6. The number of methoxy groups -OCH3 is 1. The summed E-state index contributed by atoms with van der Waals surface area (Å²) in [4.78, 5) is 4.01. The highest BCUT2D eigenvalue weighted by Crippen LogP contribution is 2.28. The highest BCUT2D eigenvalue weighted by molar-refractivity contribution is 7.93. The molecule has 1 rings (SSSR count). The van der Waals surface area contributed by atoms with E-state index in [1.54, 1.807) is 14.0 Å². The molecule has 0 aromatic carbocycles. The molecule has 1 aromatic rings. The summed E-state index contributed by atoms with van der Waals surface area (Å²) < 4.78 is 29.4. The number of thiazole rings is 1. The average Bonchev–Trinajstić information content (AvgIpc) is 2.73. The molecule has 1 aromatic heterocycles. The number of rotatable bonds is 7. The molecule has 0 radical (unpaired) electrons. The molecule has 0 fully saturated rings. The van der Waals surface area contributed by atoms with E-state index in [4.69, 9.17) is 14.3 Å². The Kier molecular flexibility index (Phi) is 5.23. The lowest BCUT2D eigenvalue weighted by atomic mass is 10.1. The van der Waals surface area contributed by atoms with Gasteiger partial charge in [-0.1, -0.05) is 0 Å². The van der Waals surface area contributed by atoms with Crippen molar-refractivity contribution in [3.8, 4) is 0 Å². The highest BCUT2D eigenvalue weighted by Gasteiger charge is 2.28. The number of aromatic nitrogens is 1. The molecule has 8 heteroatoms. The maximum Gasteiger partial charge on any atom is 0.136 e. The van der Waals surface area contributed by atoms with Crippen LogP contribution >= 0.6 is 11.3 Å². The standard InChI is InChI=1S/C10H18N2O4S2/c1-10(13,7-16-5-4-15-2)9-12-6-8(17-9)18(3,11)14/h6,11,13H,4-5,7H2,1-3H3/t10-,18?/m1/s1. The van der Waals surface area contributed by atoms with Crippen molar-refractivity contribution in [2.24, 2.45) is 0 Å². The first-order valence-electron chi connectivity index (χ1n) is 5.26. The third kappa shape index (κ3) is 4.29. The van der Waals surface area contributed by atoms with Crippen LogP contribution in [0.1, 0.15) is 11.9 Å². The van der Waals surface area contributed by atoms with Crippen molar-refractivity contribution in [2.75, 3.05) is 33.2 Å². The first kappa shape index (κ1) is 15.5. The van der Waals surface area contributed by atoms with Gasteiger partial charge in [0, 0.05) is 13.4 Å². The highest BCUT2D eigenvalue weighted by atomic mass is 32.2. The van der Waals surface area contributed by atoms with Gasteiger partial charge in [-0.25, -0.2) is 14.0 Å². The van der Waals surface area contributed by atoms with E-state index in [-0.39, 0.29) is 6.61 Å². The monoisotopic (exact) mass is 294 g/mol. The van der Waals surface area contributed by atoms with Crippen LogP contribution in [-0.4, -0.2) is 47.5 Å². The zero-order valence-corrected chi connectivity index (χ0v) is 12.3. The Labute approximate surface area is 111 Å². The van der Waals surface area contributed by atoms with Crippen LogP contribution in [-0.2, 0) is 24.8 Å². The molecule has 6 nitrogen and oxygen atoms in total. The Balaban J connectivity index is 2.70. The SMILES string of the molecule is COCCOC[C@@](C)(O)c1ncc(S(C)(=N)=O)s1. The molecule has 2 atom stereocenters. The summed E-state index contributed by atoms with van der Waals surface area (Å²) in [5.41, 5.74) is -1.25. The average molecular weight is 294 g/mol. The number of aliphatic hydroxyl groups is 1. The van der Waals surface area contributed by atoms with Crippen molar-refractivity contribution in [2.45, 2.75) is 16.7 Å². The lowest BCUT2D eigenvalue weighted by molar-refractivity contribution is -0.0479. The lowest BCUT2D eigenvalue weighted by Gasteiger charge is -2.20. The van der Waals surface area contributed by atoms with Crippen molar-refractivity contribution < 1.29 is 18.8 Å². The van der Waals surface area contributed by atoms with Crippen LogP contribution in [0.5, 0.6) is 0 Å². The second-order valence-corrected chi connectivity index (χ2v) is 7.56. The van der Waals surface area contributed by atoms with Gasteiger partial charge >= 0.3 is 0 Å². The largest absolute Gasteiger partial charge is 0.382 e. The van der Waals surface area contributed by atoms with Crippen molar-refractivity contribution in [1.29, 1.82) is 4.78 Å². The Morgan fingerprint density at radius 3 is 2.78 bits per heavy atom. The fourth-order valence-corrected chi connectivity index (χ4v) is 2.97. The van der Waals surface area contributed by atoms with E-state index >= 15 is 0 Å². The molecule has 0 spiro atoms. The Morgan fingerprint density at radius 1 is 1.61 bits per heavy atom. The van der Waals surface area contributed by atoms with Gasteiger partial charge in [-0.05, 0) is 6.92 Å². The van der Waals surface area contributed by atoms with Crippen LogP contribution in [0, 0.1) is 4.78 Å². The minimum Gasteiger partial charge on any atom is -0.382 e. The van der Waals surface area contributed by atoms with Gasteiger partial charge in [0.25, 0.3) is 0 Å². The molecule has 0 aliphatic heterocycles. The third-order valence-corrected chi connectivity index (χ3v) is 5.27. The summed E-state index contributed by atoms with van der Waals surface area (Å²) in [6.07, 6.45) is 2.70. The topological polar surface area (TPSA) is 92.5 Å². The first-order valence-corrected chi connectivity index (χ1v) is 8.05. The number of nitrogens with zero attached hydrogens (tertiary/aromatic N) is 1. The number of nitrogens with one attached hydrogen (secondary N) is 1. The van der Waals surface area contributed by atoms with Crippen LogP contribution in [0.15, 0.2) is 10.4 Å². The molecule has 0 aliphatic rings. The second kappa shape index (κ2) is 6.07. The molecule has 0 saturated carbocycles. The zero-order chi connectivity index (χ0) is 13.8. The van der Waals surface area contributed by atoms with Crippen LogP contribution in [0.25, 0.3) is 0 Å². The van der Waals surface area contributed by atoms with Gasteiger partial charge in [-0.2, -0.15) is 0 Å². The number of ether oxygens (including phenoxy) is 2. The molecule has 18 heavy (non-hydrogen) atoms. The fourth-order valence-electron chi connectivity index (χ4n) is 1.16. The normalized spacial score (nSPS) is 18.2. The van der Waals surface area contributed by atoms with Gasteiger partial charge in [-0.15, -0.1) is 11.3 Å². The first-order chi connectivity index (χ1) is 8.27. The Bertz CT molecular complexity index is 482. The summed E-state index contributed by atoms with van der Waals surface area (Å²) in [6.45, 7) is 2.48. The van der Waals surface area contributed by atoms with Crippen LogP contribution in [0.2, 0.25) is 0 Å².